The Morgan fingerprint density at radius 1 is 1.40 bits per heavy atom. The molecule has 0 aliphatic rings. The van der Waals surface area contributed by atoms with Crippen LogP contribution in [-0.4, -0.2) is 25.3 Å². The Balaban J connectivity index is 2.02. The Hall–Kier alpha value is -2.19. The first-order chi connectivity index (χ1) is 11.8. The van der Waals surface area contributed by atoms with Crippen molar-refractivity contribution >= 4 is 39.1 Å². The lowest BCUT2D eigenvalue weighted by molar-refractivity contribution is 0.100. The fourth-order valence-corrected chi connectivity index (χ4v) is 3.93. The Morgan fingerprint density at radius 3 is 2.72 bits per heavy atom. The van der Waals surface area contributed by atoms with E-state index in [-0.39, 0.29) is 16.3 Å². The van der Waals surface area contributed by atoms with E-state index in [0.717, 1.165) is 22.4 Å². The van der Waals surface area contributed by atoms with Crippen molar-refractivity contribution in [2.45, 2.75) is 33.6 Å². The van der Waals surface area contributed by atoms with Crippen LogP contribution < -0.4 is 11.0 Å². The van der Waals surface area contributed by atoms with Crippen molar-refractivity contribution in [2.75, 3.05) is 5.43 Å². The van der Waals surface area contributed by atoms with Crippen molar-refractivity contribution in [3.8, 4) is 0 Å². The molecule has 0 radical (unpaired) electrons. The number of aryl methyl sites for hydroxylation is 3. The van der Waals surface area contributed by atoms with Crippen molar-refractivity contribution in [2.24, 2.45) is 7.05 Å². The number of halogens is 1. The van der Waals surface area contributed by atoms with Gasteiger partial charge in [-0.15, -0.1) is 11.3 Å². The molecular weight excluding hydrogens is 362 g/mol. The van der Waals surface area contributed by atoms with Gasteiger partial charge in [-0.1, -0.05) is 24.9 Å². The third kappa shape index (κ3) is 3.07. The van der Waals surface area contributed by atoms with Crippen molar-refractivity contribution in [3.63, 3.8) is 0 Å². The summed E-state index contributed by atoms with van der Waals surface area (Å²) in [5, 5.41) is 4.86. The largest absolute Gasteiger partial charge is 0.292 e. The monoisotopic (exact) mass is 379 g/mol. The number of carbonyl (C=O) groups is 1. The summed E-state index contributed by atoms with van der Waals surface area (Å²) < 4.78 is 2.66. The normalized spacial score (nSPS) is 11.2. The quantitative estimate of drug-likeness (QED) is 0.755. The minimum atomic E-state index is -0.552. The lowest BCUT2D eigenvalue weighted by atomic mass is 10.2. The molecule has 0 saturated heterocycles. The van der Waals surface area contributed by atoms with Gasteiger partial charge in [-0.2, -0.15) is 5.10 Å². The van der Waals surface area contributed by atoms with Crippen molar-refractivity contribution in [1.29, 1.82) is 0 Å². The molecule has 1 N–H and O–H groups in total. The van der Waals surface area contributed by atoms with E-state index in [1.54, 1.807) is 20.9 Å². The number of nitrogens with zero attached hydrogens (tertiary/aromatic N) is 4. The zero-order valence-electron chi connectivity index (χ0n) is 14.4. The SMILES string of the molecule is CCCc1cc2c(=O)n(NC(=O)c3nn(C)c(C)c3Cl)c(C)nc2s1. The fraction of sp³-hybridized carbons (Fsp3) is 0.375. The van der Waals surface area contributed by atoms with E-state index in [2.05, 4.69) is 22.4 Å². The summed E-state index contributed by atoms with van der Waals surface area (Å²) in [5.74, 6) is -0.149. The van der Waals surface area contributed by atoms with Crippen LogP contribution in [0.25, 0.3) is 10.2 Å². The summed E-state index contributed by atoms with van der Waals surface area (Å²) >= 11 is 7.65. The third-order valence-electron chi connectivity index (χ3n) is 3.97. The lowest BCUT2D eigenvalue weighted by Gasteiger charge is -2.09. The second kappa shape index (κ2) is 6.61. The predicted octanol–water partition coefficient (Wildman–Crippen LogP) is 2.80. The van der Waals surface area contributed by atoms with E-state index in [4.69, 9.17) is 11.6 Å². The van der Waals surface area contributed by atoms with Gasteiger partial charge in [0.05, 0.1) is 16.1 Å². The predicted molar refractivity (Wildman–Crippen MR) is 99.3 cm³/mol. The first-order valence-corrected chi connectivity index (χ1v) is 9.05. The van der Waals surface area contributed by atoms with Crippen LogP contribution in [0.2, 0.25) is 5.02 Å². The van der Waals surface area contributed by atoms with E-state index in [0.29, 0.717) is 21.7 Å². The standard InChI is InChI=1S/C16H18ClN5O2S/c1-5-6-10-7-11-15(25-10)18-9(3)22(16(11)24)20-14(23)13-12(17)8(2)21(4)19-13/h7H,5-6H2,1-4H3,(H,20,23). The summed E-state index contributed by atoms with van der Waals surface area (Å²) in [7, 11) is 1.70. The molecule has 132 valence electrons. The second-order valence-corrected chi connectivity index (χ2v) is 7.29. The molecule has 0 aliphatic heterocycles. The van der Waals surface area contributed by atoms with Gasteiger partial charge in [-0.05, 0) is 26.3 Å². The van der Waals surface area contributed by atoms with Gasteiger partial charge in [0.15, 0.2) is 5.69 Å². The number of rotatable bonds is 4. The third-order valence-corrected chi connectivity index (χ3v) is 5.51. The average Bonchev–Trinajstić information content (AvgIpc) is 3.07. The van der Waals surface area contributed by atoms with E-state index in [9.17, 15) is 9.59 Å². The highest BCUT2D eigenvalue weighted by molar-refractivity contribution is 7.18. The summed E-state index contributed by atoms with van der Waals surface area (Å²) in [5.41, 5.74) is 3.00. The number of nitrogens with one attached hydrogen (secondary N) is 1. The van der Waals surface area contributed by atoms with Crippen LogP contribution >= 0.6 is 22.9 Å². The maximum Gasteiger partial charge on any atom is 0.292 e. The number of carbonyl (C=O) groups excluding carboxylic acids is 1. The van der Waals surface area contributed by atoms with Gasteiger partial charge in [-0.3, -0.25) is 19.7 Å². The molecule has 3 aromatic heterocycles. The van der Waals surface area contributed by atoms with Gasteiger partial charge in [0.1, 0.15) is 10.7 Å². The molecule has 0 saturated carbocycles. The fourth-order valence-electron chi connectivity index (χ4n) is 2.52. The van der Waals surface area contributed by atoms with E-state index in [1.165, 1.54) is 16.0 Å². The first kappa shape index (κ1) is 17.6. The minimum absolute atomic E-state index is 0.0741. The highest BCUT2D eigenvalue weighted by atomic mass is 35.5. The Labute approximate surface area is 153 Å². The van der Waals surface area contributed by atoms with E-state index >= 15 is 0 Å². The average molecular weight is 380 g/mol. The Bertz CT molecular complexity index is 1030. The van der Waals surface area contributed by atoms with Crippen LogP contribution in [0.4, 0.5) is 0 Å². The molecule has 7 nitrogen and oxygen atoms in total. The molecule has 3 rings (SSSR count). The van der Waals surface area contributed by atoms with E-state index in [1.807, 2.05) is 6.07 Å². The van der Waals surface area contributed by atoms with Crippen molar-refractivity contribution < 1.29 is 4.79 Å². The lowest BCUT2D eigenvalue weighted by Crippen LogP contribution is -2.35. The summed E-state index contributed by atoms with van der Waals surface area (Å²) in [6.07, 6.45) is 1.89. The van der Waals surface area contributed by atoms with Gasteiger partial charge >= 0.3 is 0 Å². The highest BCUT2D eigenvalue weighted by Crippen LogP contribution is 2.23. The number of amides is 1. The molecular formula is C16H18ClN5O2S. The van der Waals surface area contributed by atoms with Gasteiger partial charge in [0.25, 0.3) is 11.5 Å². The maximum atomic E-state index is 12.7. The molecule has 0 atom stereocenters. The molecule has 0 unspecified atom stereocenters. The zero-order valence-corrected chi connectivity index (χ0v) is 16.0. The molecule has 25 heavy (non-hydrogen) atoms. The van der Waals surface area contributed by atoms with Crippen molar-refractivity contribution in [3.05, 3.63) is 43.5 Å². The van der Waals surface area contributed by atoms with Gasteiger partial charge < -0.3 is 0 Å². The number of hydrogen-bond donors (Lipinski definition) is 1. The molecule has 0 spiro atoms. The molecule has 0 bridgehead atoms. The van der Waals surface area contributed by atoms with Crippen LogP contribution in [-0.2, 0) is 13.5 Å². The number of thiophene rings is 1. The van der Waals surface area contributed by atoms with Crippen LogP contribution in [0.5, 0.6) is 0 Å². The Morgan fingerprint density at radius 2 is 2.12 bits per heavy atom. The highest BCUT2D eigenvalue weighted by Gasteiger charge is 2.20. The number of hydrogen-bond acceptors (Lipinski definition) is 5. The van der Waals surface area contributed by atoms with Crippen LogP contribution in [0, 0.1) is 13.8 Å². The summed E-state index contributed by atoms with van der Waals surface area (Å²) in [6.45, 7) is 5.52. The second-order valence-electron chi connectivity index (χ2n) is 5.79. The van der Waals surface area contributed by atoms with E-state index < -0.39 is 5.91 Å². The van der Waals surface area contributed by atoms with Gasteiger partial charge in [0, 0.05) is 11.9 Å². The topological polar surface area (TPSA) is 81.8 Å². The molecule has 0 aliphatic carbocycles. The minimum Gasteiger partial charge on any atom is -0.271 e. The molecule has 1 amide bonds. The smallest absolute Gasteiger partial charge is 0.271 e. The molecule has 0 aromatic carbocycles. The summed E-state index contributed by atoms with van der Waals surface area (Å²) in [4.78, 5) is 31.5. The number of fused-ring (bicyclic) bond motifs is 1. The van der Waals surface area contributed by atoms with Crippen LogP contribution in [0.3, 0.4) is 0 Å². The first-order valence-electron chi connectivity index (χ1n) is 7.86. The molecule has 9 heteroatoms. The van der Waals surface area contributed by atoms with Gasteiger partial charge in [-0.25, -0.2) is 9.66 Å². The summed E-state index contributed by atoms with van der Waals surface area (Å²) in [6, 6.07) is 1.85. The molecule has 0 fully saturated rings. The molecule has 3 heterocycles. The zero-order chi connectivity index (χ0) is 18.3. The van der Waals surface area contributed by atoms with Gasteiger partial charge in [0.2, 0.25) is 0 Å². The number of aromatic nitrogens is 4. The Kier molecular flexibility index (Phi) is 4.66. The van der Waals surface area contributed by atoms with Crippen LogP contribution in [0.1, 0.15) is 40.2 Å². The maximum absolute atomic E-state index is 12.7. The molecule has 3 aromatic rings. The van der Waals surface area contributed by atoms with Crippen molar-refractivity contribution in [1.82, 2.24) is 19.4 Å². The van der Waals surface area contributed by atoms with Crippen LogP contribution in [0.15, 0.2) is 10.9 Å².